The minimum Gasteiger partial charge on any atom is -0.371 e. The molecule has 132 valence electrons. The minimum absolute atomic E-state index is 0.635. The predicted octanol–water partition coefficient (Wildman–Crippen LogP) is 5.17. The maximum absolute atomic E-state index is 5.37. The number of halogens is 1. The summed E-state index contributed by atoms with van der Waals surface area (Å²) < 4.78 is 1.06. The number of nitrogens with one attached hydrogen (secondary N) is 2. The van der Waals surface area contributed by atoms with E-state index in [-0.39, 0.29) is 0 Å². The first-order valence-electron chi connectivity index (χ1n) is 8.74. The molecule has 0 radical (unpaired) electrons. The van der Waals surface area contributed by atoms with Gasteiger partial charge in [0.1, 0.15) is 0 Å². The molecule has 3 nitrogen and oxygen atoms in total. The van der Waals surface area contributed by atoms with E-state index >= 15 is 0 Å². The molecule has 3 rings (SSSR count). The molecule has 2 aromatic carbocycles. The van der Waals surface area contributed by atoms with Gasteiger partial charge in [-0.2, -0.15) is 0 Å². The van der Waals surface area contributed by atoms with Crippen molar-refractivity contribution in [3.8, 4) is 0 Å². The molecule has 2 aromatic rings. The van der Waals surface area contributed by atoms with E-state index in [9.17, 15) is 0 Å². The molecule has 1 atom stereocenters. The smallest absolute Gasteiger partial charge is 0.171 e. The molecule has 25 heavy (non-hydrogen) atoms. The fourth-order valence-electron chi connectivity index (χ4n) is 3.14. The number of benzene rings is 2. The highest BCUT2D eigenvalue weighted by molar-refractivity contribution is 9.10. The van der Waals surface area contributed by atoms with Gasteiger partial charge in [0.15, 0.2) is 5.11 Å². The molecular formula is C20H24BrN3S. The number of hydrogen-bond donors (Lipinski definition) is 2. The van der Waals surface area contributed by atoms with Crippen LogP contribution in [0.25, 0.3) is 0 Å². The Morgan fingerprint density at radius 1 is 1.16 bits per heavy atom. The zero-order chi connectivity index (χ0) is 17.6. The van der Waals surface area contributed by atoms with Crippen molar-refractivity contribution in [2.45, 2.75) is 26.3 Å². The standard InChI is InChI=1S/C20H24BrN3S/c1-15-3-2-12-24(14-15)19-10-4-16(5-11-19)13-22-20(25)23-18-8-6-17(21)7-9-18/h4-11,15H,2-3,12-14H2,1H3,(H2,22,23,25)/t15-/m1/s1. The van der Waals surface area contributed by atoms with Crippen molar-refractivity contribution in [1.29, 1.82) is 0 Å². The van der Waals surface area contributed by atoms with Crippen LogP contribution in [0.5, 0.6) is 0 Å². The highest BCUT2D eigenvalue weighted by Crippen LogP contribution is 2.23. The third kappa shape index (κ3) is 5.44. The van der Waals surface area contributed by atoms with E-state index in [2.05, 4.69) is 62.7 Å². The van der Waals surface area contributed by atoms with Crippen LogP contribution in [0.4, 0.5) is 11.4 Å². The minimum atomic E-state index is 0.635. The second kappa shape index (κ2) is 8.68. The molecule has 1 aliphatic heterocycles. The summed E-state index contributed by atoms with van der Waals surface area (Å²) in [4.78, 5) is 2.49. The Balaban J connectivity index is 1.49. The molecule has 0 aromatic heterocycles. The summed E-state index contributed by atoms with van der Waals surface area (Å²) in [5.41, 5.74) is 3.54. The van der Waals surface area contributed by atoms with E-state index in [0.717, 1.165) is 22.6 Å². The van der Waals surface area contributed by atoms with E-state index < -0.39 is 0 Å². The number of rotatable bonds is 4. The predicted molar refractivity (Wildman–Crippen MR) is 114 cm³/mol. The van der Waals surface area contributed by atoms with Crippen molar-refractivity contribution < 1.29 is 0 Å². The van der Waals surface area contributed by atoms with Gasteiger partial charge in [0.25, 0.3) is 0 Å². The summed E-state index contributed by atoms with van der Waals surface area (Å²) in [6.45, 7) is 5.39. The first kappa shape index (κ1) is 18.2. The number of anilines is 2. The third-order valence-corrected chi connectivity index (χ3v) is 5.29. The SMILES string of the molecule is C[C@@H]1CCCN(c2ccc(CNC(=S)Nc3ccc(Br)cc3)cc2)C1. The molecule has 0 amide bonds. The quantitative estimate of drug-likeness (QED) is 0.670. The van der Waals surface area contributed by atoms with E-state index in [1.807, 2.05) is 24.3 Å². The molecule has 1 saturated heterocycles. The lowest BCUT2D eigenvalue weighted by Crippen LogP contribution is -2.34. The Morgan fingerprint density at radius 2 is 1.88 bits per heavy atom. The van der Waals surface area contributed by atoms with Gasteiger partial charge in [-0.15, -0.1) is 0 Å². The van der Waals surface area contributed by atoms with Crippen LogP contribution in [-0.2, 0) is 6.54 Å². The lowest BCUT2D eigenvalue weighted by Gasteiger charge is -2.32. The molecule has 0 unspecified atom stereocenters. The number of piperidine rings is 1. The molecule has 1 fully saturated rings. The Hall–Kier alpha value is -1.59. The van der Waals surface area contributed by atoms with Gasteiger partial charge in [0.05, 0.1) is 0 Å². The van der Waals surface area contributed by atoms with E-state index in [1.54, 1.807) is 0 Å². The summed E-state index contributed by atoms with van der Waals surface area (Å²) >= 11 is 8.80. The van der Waals surface area contributed by atoms with E-state index in [0.29, 0.717) is 5.11 Å². The number of hydrogen-bond acceptors (Lipinski definition) is 2. The summed E-state index contributed by atoms with van der Waals surface area (Å²) in [5.74, 6) is 0.789. The van der Waals surface area contributed by atoms with Crippen molar-refractivity contribution in [2.24, 2.45) is 5.92 Å². The Labute approximate surface area is 163 Å². The molecule has 1 aliphatic rings. The Bertz CT molecular complexity index is 700. The second-order valence-corrected chi connectivity index (χ2v) is 8.00. The van der Waals surface area contributed by atoms with Gasteiger partial charge in [-0.1, -0.05) is 35.0 Å². The second-order valence-electron chi connectivity index (χ2n) is 6.67. The van der Waals surface area contributed by atoms with Crippen LogP contribution in [0.2, 0.25) is 0 Å². The van der Waals surface area contributed by atoms with Gasteiger partial charge in [0, 0.05) is 35.5 Å². The van der Waals surface area contributed by atoms with Crippen LogP contribution >= 0.6 is 28.1 Å². The molecule has 2 N–H and O–H groups in total. The van der Waals surface area contributed by atoms with Gasteiger partial charge < -0.3 is 15.5 Å². The van der Waals surface area contributed by atoms with E-state index in [4.69, 9.17) is 12.2 Å². The van der Waals surface area contributed by atoms with E-state index in [1.165, 1.54) is 37.2 Å². The fraction of sp³-hybridized carbons (Fsp3) is 0.350. The molecule has 0 spiro atoms. The largest absolute Gasteiger partial charge is 0.371 e. The van der Waals surface area contributed by atoms with Crippen molar-refractivity contribution in [1.82, 2.24) is 5.32 Å². The summed E-state index contributed by atoms with van der Waals surface area (Å²) in [6, 6.07) is 16.8. The number of thiocarbonyl (C=S) groups is 1. The zero-order valence-electron chi connectivity index (χ0n) is 14.5. The Morgan fingerprint density at radius 3 is 2.56 bits per heavy atom. The highest BCUT2D eigenvalue weighted by atomic mass is 79.9. The van der Waals surface area contributed by atoms with Gasteiger partial charge in [0.2, 0.25) is 0 Å². The van der Waals surface area contributed by atoms with Gasteiger partial charge >= 0.3 is 0 Å². The fourth-order valence-corrected chi connectivity index (χ4v) is 3.59. The van der Waals surface area contributed by atoms with Crippen LogP contribution < -0.4 is 15.5 Å². The number of nitrogens with zero attached hydrogens (tertiary/aromatic N) is 1. The molecule has 5 heteroatoms. The molecule has 0 saturated carbocycles. The normalized spacial score (nSPS) is 17.2. The molecule has 0 aliphatic carbocycles. The van der Waals surface area contributed by atoms with Crippen LogP contribution in [-0.4, -0.2) is 18.2 Å². The van der Waals surface area contributed by atoms with Gasteiger partial charge in [-0.3, -0.25) is 0 Å². The van der Waals surface area contributed by atoms with Crippen LogP contribution in [0.1, 0.15) is 25.3 Å². The molecular weight excluding hydrogens is 394 g/mol. The topological polar surface area (TPSA) is 27.3 Å². The van der Waals surface area contributed by atoms with Crippen molar-refractivity contribution in [2.75, 3.05) is 23.3 Å². The lowest BCUT2D eigenvalue weighted by atomic mass is 9.99. The molecule has 1 heterocycles. The summed E-state index contributed by atoms with van der Waals surface area (Å²) in [7, 11) is 0. The first-order chi connectivity index (χ1) is 12.1. The maximum Gasteiger partial charge on any atom is 0.171 e. The van der Waals surface area contributed by atoms with Crippen molar-refractivity contribution in [3.05, 3.63) is 58.6 Å². The monoisotopic (exact) mass is 417 g/mol. The highest BCUT2D eigenvalue weighted by Gasteiger charge is 2.16. The van der Waals surface area contributed by atoms with Crippen molar-refractivity contribution >= 4 is 44.6 Å². The van der Waals surface area contributed by atoms with Crippen LogP contribution in [0.15, 0.2) is 53.0 Å². The van der Waals surface area contributed by atoms with Crippen LogP contribution in [0.3, 0.4) is 0 Å². The lowest BCUT2D eigenvalue weighted by molar-refractivity contribution is 0.447. The average molecular weight is 418 g/mol. The summed E-state index contributed by atoms with van der Waals surface area (Å²) in [5, 5.41) is 7.10. The molecule has 0 bridgehead atoms. The van der Waals surface area contributed by atoms with Crippen molar-refractivity contribution in [3.63, 3.8) is 0 Å². The van der Waals surface area contributed by atoms with Gasteiger partial charge in [-0.25, -0.2) is 0 Å². The third-order valence-electron chi connectivity index (χ3n) is 4.51. The zero-order valence-corrected chi connectivity index (χ0v) is 16.9. The maximum atomic E-state index is 5.37. The summed E-state index contributed by atoms with van der Waals surface area (Å²) in [6.07, 6.45) is 2.64. The van der Waals surface area contributed by atoms with Crippen LogP contribution in [0, 0.1) is 5.92 Å². The van der Waals surface area contributed by atoms with Gasteiger partial charge in [-0.05, 0) is 72.9 Å². The average Bonchev–Trinajstić information content (AvgIpc) is 2.62. The Kier molecular flexibility index (Phi) is 6.32. The first-order valence-corrected chi connectivity index (χ1v) is 9.94.